The first-order valence-corrected chi connectivity index (χ1v) is 6.17. The number of nitrogens with two attached hydrogens (primary N) is 1. The zero-order chi connectivity index (χ0) is 11.7. The average molecular weight is 234 g/mol. The van der Waals surface area contributed by atoms with E-state index in [1.807, 2.05) is 13.0 Å². The molecule has 3 heteroatoms. The van der Waals surface area contributed by atoms with E-state index in [4.69, 9.17) is 22.1 Å². The average Bonchev–Trinajstić information content (AvgIpc) is 2.24. The van der Waals surface area contributed by atoms with Gasteiger partial charge >= 0.3 is 0 Å². The molecule has 0 aliphatic rings. The van der Waals surface area contributed by atoms with Gasteiger partial charge in [-0.05, 0) is 19.3 Å². The molecule has 0 spiro atoms. The summed E-state index contributed by atoms with van der Waals surface area (Å²) in [5.41, 5.74) is 5.34. The lowest BCUT2D eigenvalue weighted by molar-refractivity contribution is 0.104. The molecule has 15 heavy (non-hydrogen) atoms. The Morgan fingerprint density at radius 3 is 2.60 bits per heavy atom. The van der Waals surface area contributed by atoms with Gasteiger partial charge in [0.15, 0.2) is 0 Å². The van der Waals surface area contributed by atoms with Crippen LogP contribution < -0.4 is 5.73 Å². The molecule has 0 saturated heterocycles. The lowest BCUT2D eigenvalue weighted by Gasteiger charge is -2.14. The summed E-state index contributed by atoms with van der Waals surface area (Å²) < 4.78 is 5.40. The second-order valence-corrected chi connectivity index (χ2v) is 4.49. The van der Waals surface area contributed by atoms with Gasteiger partial charge in [0, 0.05) is 11.9 Å². The summed E-state index contributed by atoms with van der Waals surface area (Å²) >= 11 is 6.21. The van der Waals surface area contributed by atoms with Crippen LogP contribution >= 0.6 is 11.6 Å². The van der Waals surface area contributed by atoms with Crippen LogP contribution in [0, 0.1) is 5.92 Å². The van der Waals surface area contributed by atoms with Crippen LogP contribution in [0.25, 0.3) is 0 Å². The largest absolute Gasteiger partial charge is 0.373 e. The first-order valence-electron chi connectivity index (χ1n) is 5.74. The Kier molecular flexibility index (Phi) is 9.17. The second kappa shape index (κ2) is 9.20. The summed E-state index contributed by atoms with van der Waals surface area (Å²) in [5, 5.41) is 0.230. The molecule has 0 aliphatic heterocycles. The zero-order valence-electron chi connectivity index (χ0n) is 10.1. The number of hydrogen-bond acceptors (Lipinski definition) is 2. The van der Waals surface area contributed by atoms with E-state index in [0.717, 1.165) is 12.8 Å². The SMILES string of the molecule is CCC(C)[C@H](Cl)C/C=C\C(C)OCCN. The lowest BCUT2D eigenvalue weighted by atomic mass is 10.0. The summed E-state index contributed by atoms with van der Waals surface area (Å²) in [6.07, 6.45) is 6.32. The molecule has 0 amide bonds. The summed E-state index contributed by atoms with van der Waals surface area (Å²) in [4.78, 5) is 0. The Bertz CT molecular complexity index is 173. The molecule has 2 N–H and O–H groups in total. The van der Waals surface area contributed by atoms with Gasteiger partial charge in [0.25, 0.3) is 0 Å². The van der Waals surface area contributed by atoms with Gasteiger partial charge in [0.1, 0.15) is 0 Å². The molecule has 0 radical (unpaired) electrons. The van der Waals surface area contributed by atoms with E-state index >= 15 is 0 Å². The molecule has 2 nitrogen and oxygen atoms in total. The van der Waals surface area contributed by atoms with Crippen LogP contribution in [0.3, 0.4) is 0 Å². The van der Waals surface area contributed by atoms with Crippen molar-refractivity contribution in [1.29, 1.82) is 0 Å². The third-order valence-corrected chi connectivity index (χ3v) is 3.14. The van der Waals surface area contributed by atoms with Crippen LogP contribution in [0.4, 0.5) is 0 Å². The minimum absolute atomic E-state index is 0.134. The van der Waals surface area contributed by atoms with E-state index in [-0.39, 0.29) is 11.5 Å². The smallest absolute Gasteiger partial charge is 0.0728 e. The molecular formula is C12H24ClNO. The molecule has 0 aliphatic carbocycles. The van der Waals surface area contributed by atoms with Crippen LogP contribution in [-0.4, -0.2) is 24.6 Å². The van der Waals surface area contributed by atoms with Gasteiger partial charge in [-0.15, -0.1) is 11.6 Å². The quantitative estimate of drug-likeness (QED) is 0.517. The predicted octanol–water partition coefficient (Wildman–Crippen LogP) is 2.95. The van der Waals surface area contributed by atoms with Crippen LogP contribution in [0.2, 0.25) is 0 Å². The minimum Gasteiger partial charge on any atom is -0.373 e. The number of halogens is 1. The zero-order valence-corrected chi connectivity index (χ0v) is 10.8. The van der Waals surface area contributed by atoms with E-state index in [1.54, 1.807) is 0 Å². The van der Waals surface area contributed by atoms with Crippen molar-refractivity contribution in [2.75, 3.05) is 13.2 Å². The minimum atomic E-state index is 0.134. The Morgan fingerprint density at radius 1 is 1.40 bits per heavy atom. The predicted molar refractivity (Wildman–Crippen MR) is 67.3 cm³/mol. The van der Waals surface area contributed by atoms with Crippen molar-refractivity contribution in [2.24, 2.45) is 11.7 Å². The molecule has 0 aromatic carbocycles. The van der Waals surface area contributed by atoms with Gasteiger partial charge in [0.2, 0.25) is 0 Å². The molecule has 0 saturated carbocycles. The maximum absolute atomic E-state index is 6.21. The van der Waals surface area contributed by atoms with Crippen LogP contribution in [0.15, 0.2) is 12.2 Å². The molecule has 0 heterocycles. The van der Waals surface area contributed by atoms with Gasteiger partial charge in [-0.3, -0.25) is 0 Å². The second-order valence-electron chi connectivity index (χ2n) is 3.93. The molecule has 0 rings (SSSR count). The molecule has 0 fully saturated rings. The molecule has 90 valence electrons. The first-order chi connectivity index (χ1) is 7.11. The molecule has 0 aromatic heterocycles. The summed E-state index contributed by atoms with van der Waals surface area (Å²) in [6.45, 7) is 7.54. The van der Waals surface area contributed by atoms with Crippen molar-refractivity contribution in [3.05, 3.63) is 12.2 Å². The van der Waals surface area contributed by atoms with E-state index < -0.39 is 0 Å². The Hall–Kier alpha value is -0.0500. The first kappa shape index (κ1) is 14.9. The van der Waals surface area contributed by atoms with Crippen LogP contribution in [0.5, 0.6) is 0 Å². The van der Waals surface area contributed by atoms with Gasteiger partial charge in [0.05, 0.1) is 12.7 Å². The standard InChI is InChI=1S/C12H24ClNO/c1-4-10(2)12(13)7-5-6-11(3)15-9-8-14/h5-6,10-12H,4,7-9,14H2,1-3H3/b6-5-/t10?,11?,12-/m1/s1. The van der Waals surface area contributed by atoms with Gasteiger partial charge in [-0.1, -0.05) is 32.4 Å². The highest BCUT2D eigenvalue weighted by molar-refractivity contribution is 6.20. The highest BCUT2D eigenvalue weighted by Crippen LogP contribution is 2.17. The maximum atomic E-state index is 6.21. The molecule has 0 bridgehead atoms. The fourth-order valence-electron chi connectivity index (χ4n) is 1.20. The van der Waals surface area contributed by atoms with E-state index in [0.29, 0.717) is 19.1 Å². The van der Waals surface area contributed by atoms with Crippen molar-refractivity contribution >= 4 is 11.6 Å². The maximum Gasteiger partial charge on any atom is 0.0728 e. The molecular weight excluding hydrogens is 210 g/mol. The Balaban J connectivity index is 3.68. The summed E-state index contributed by atoms with van der Waals surface area (Å²) in [7, 11) is 0. The Labute approximate surface area is 98.8 Å². The lowest BCUT2D eigenvalue weighted by Crippen LogP contribution is -2.14. The van der Waals surface area contributed by atoms with E-state index in [9.17, 15) is 0 Å². The third-order valence-electron chi connectivity index (χ3n) is 2.53. The number of allylic oxidation sites excluding steroid dienone is 1. The molecule has 0 aromatic rings. The number of ether oxygens (including phenoxy) is 1. The number of hydrogen-bond donors (Lipinski definition) is 1. The topological polar surface area (TPSA) is 35.2 Å². The van der Waals surface area contributed by atoms with Crippen molar-refractivity contribution in [2.45, 2.75) is 45.1 Å². The van der Waals surface area contributed by atoms with Crippen LogP contribution in [0.1, 0.15) is 33.6 Å². The number of alkyl halides is 1. The normalized spacial score (nSPS) is 17.9. The highest BCUT2D eigenvalue weighted by atomic mass is 35.5. The van der Waals surface area contributed by atoms with Crippen molar-refractivity contribution in [3.63, 3.8) is 0 Å². The highest BCUT2D eigenvalue weighted by Gasteiger charge is 2.10. The summed E-state index contributed by atoms with van der Waals surface area (Å²) in [5.74, 6) is 0.566. The van der Waals surface area contributed by atoms with Crippen molar-refractivity contribution < 1.29 is 4.74 Å². The van der Waals surface area contributed by atoms with E-state index in [2.05, 4.69) is 19.9 Å². The van der Waals surface area contributed by atoms with Crippen molar-refractivity contribution in [3.8, 4) is 0 Å². The summed E-state index contributed by atoms with van der Waals surface area (Å²) in [6, 6.07) is 0. The monoisotopic (exact) mass is 233 g/mol. The van der Waals surface area contributed by atoms with Gasteiger partial charge in [-0.25, -0.2) is 0 Å². The third kappa shape index (κ3) is 7.83. The fourth-order valence-corrected chi connectivity index (χ4v) is 1.48. The fraction of sp³-hybridized carbons (Fsp3) is 0.833. The van der Waals surface area contributed by atoms with Gasteiger partial charge < -0.3 is 10.5 Å². The van der Waals surface area contributed by atoms with Gasteiger partial charge in [-0.2, -0.15) is 0 Å². The van der Waals surface area contributed by atoms with E-state index in [1.165, 1.54) is 0 Å². The molecule has 3 atom stereocenters. The molecule has 2 unspecified atom stereocenters. The number of rotatable bonds is 8. The van der Waals surface area contributed by atoms with Crippen molar-refractivity contribution in [1.82, 2.24) is 0 Å². The Morgan fingerprint density at radius 2 is 2.07 bits per heavy atom. The van der Waals surface area contributed by atoms with Crippen LogP contribution in [-0.2, 0) is 4.74 Å².